The van der Waals surface area contributed by atoms with Crippen LogP contribution in [-0.4, -0.2) is 151 Å². The van der Waals surface area contributed by atoms with Crippen LogP contribution < -0.4 is 40.1 Å². The number of nitrogens with zero attached hydrogens (tertiary/aromatic N) is 11. The van der Waals surface area contributed by atoms with Gasteiger partial charge < -0.3 is 78.9 Å². The number of fused-ring (bicyclic) bond motifs is 6. The molecule has 8 N–H and O–H groups in total. The quantitative estimate of drug-likeness (QED) is 0.0472. The third-order valence-electron chi connectivity index (χ3n) is 23.5. The maximum absolute atomic E-state index is 12.1. The number of aromatic nitrogens is 11. The molecule has 0 aliphatic carbocycles. The molecule has 0 spiro atoms. The number of thiazole rings is 1. The highest BCUT2D eigenvalue weighted by molar-refractivity contribution is 7.15. The van der Waals surface area contributed by atoms with E-state index in [1.807, 2.05) is 165 Å². The number of nitrogens with two attached hydrogens (primary N) is 1. The van der Waals surface area contributed by atoms with Crippen LogP contribution in [0.15, 0.2) is 201 Å². The Morgan fingerprint density at radius 2 is 0.800 bits per heavy atom. The molecule has 0 unspecified atom stereocenters. The summed E-state index contributed by atoms with van der Waals surface area (Å²) in [7, 11) is 0. The highest BCUT2D eigenvalue weighted by Crippen LogP contribution is 2.42. The van der Waals surface area contributed by atoms with Gasteiger partial charge in [-0.05, 0) is 178 Å². The molecule has 16 heterocycles. The number of nitrogen functional groups attached to an aromatic ring is 1. The molecule has 16 aromatic rings. The Labute approximate surface area is 749 Å². The first kappa shape index (κ1) is 83.9. The van der Waals surface area contributed by atoms with Crippen LogP contribution in [0.2, 0.25) is 0 Å². The summed E-state index contributed by atoms with van der Waals surface area (Å²) in [5, 5.41) is 49.5. The van der Waals surface area contributed by atoms with Crippen LogP contribution in [0.3, 0.4) is 0 Å². The smallest absolute Gasteiger partial charge is 0.262 e. The van der Waals surface area contributed by atoms with Crippen LogP contribution in [0, 0.1) is 52.2 Å². The molecule has 0 bridgehead atoms. The third kappa shape index (κ3) is 18.4. The number of anilines is 2. The highest BCUT2D eigenvalue weighted by atomic mass is 32.1. The molecule has 130 heavy (non-hydrogen) atoms. The molecule has 0 atom stereocenters. The van der Waals surface area contributed by atoms with Gasteiger partial charge >= 0.3 is 0 Å². The van der Waals surface area contributed by atoms with Gasteiger partial charge in [0.05, 0.1) is 114 Å². The molecule has 4 saturated heterocycles. The number of hydrogen-bond acceptors (Lipinski definition) is 24. The lowest BCUT2D eigenvalue weighted by Crippen LogP contribution is -2.26. The highest BCUT2D eigenvalue weighted by Gasteiger charge is 2.27. The Morgan fingerprint density at radius 3 is 1.21 bits per heavy atom. The van der Waals surface area contributed by atoms with E-state index in [2.05, 4.69) is 95.8 Å². The number of pyridine rings is 4. The number of benzene rings is 6. The predicted molar refractivity (Wildman–Crippen MR) is 490 cm³/mol. The summed E-state index contributed by atoms with van der Waals surface area (Å²) in [6.45, 7) is 8.08. The van der Waals surface area contributed by atoms with Gasteiger partial charge in [-0.25, -0.2) is 29.9 Å². The molecule has 6 aliphatic heterocycles. The number of ether oxygens (including phenoxy) is 9. The van der Waals surface area contributed by atoms with Crippen molar-refractivity contribution in [2.45, 2.75) is 89.3 Å². The second-order valence-electron chi connectivity index (χ2n) is 31.9. The van der Waals surface area contributed by atoms with Gasteiger partial charge in [-0.3, -0.25) is 14.6 Å². The van der Waals surface area contributed by atoms with E-state index in [1.165, 1.54) is 6.20 Å². The zero-order valence-electron chi connectivity index (χ0n) is 70.5. The Bertz CT molecular complexity index is 7170. The molecule has 0 saturated carbocycles. The largest absolute Gasteiger partial charge is 0.489 e. The van der Waals surface area contributed by atoms with Gasteiger partial charge in [0.25, 0.3) is 11.8 Å². The Kier molecular flexibility index (Phi) is 24.4. The van der Waals surface area contributed by atoms with Gasteiger partial charge in [-0.1, -0.05) is 42.5 Å². The summed E-state index contributed by atoms with van der Waals surface area (Å²) >= 11 is 1.64. The summed E-state index contributed by atoms with van der Waals surface area (Å²) in [5.74, 6) is 3.22. The van der Waals surface area contributed by atoms with E-state index in [-0.39, 0.29) is 42.8 Å². The normalized spacial score (nSPS) is 15.1. The van der Waals surface area contributed by atoms with E-state index < -0.39 is 0 Å². The van der Waals surface area contributed by atoms with Crippen molar-refractivity contribution in [2.24, 2.45) is 0 Å². The fourth-order valence-corrected chi connectivity index (χ4v) is 17.5. The van der Waals surface area contributed by atoms with E-state index in [0.717, 1.165) is 189 Å². The number of carbonyl (C=O) groups is 2. The Hall–Kier alpha value is -15.7. The second kappa shape index (κ2) is 37.9. The number of hydrogen-bond donors (Lipinski definition) is 7. The molecule has 0 radical (unpaired) electrons. The van der Waals surface area contributed by atoms with Gasteiger partial charge in [0.15, 0.2) is 6.61 Å². The summed E-state index contributed by atoms with van der Waals surface area (Å²) in [5.41, 5.74) is 26.9. The average molecular weight is 1750 g/mol. The van der Waals surface area contributed by atoms with Crippen LogP contribution in [-0.2, 0) is 30.3 Å². The maximum atomic E-state index is 12.1. The van der Waals surface area contributed by atoms with E-state index in [0.29, 0.717) is 133 Å². The molecule has 10 aromatic heterocycles. The fraction of sp³-hybridized carbons (Fsp3) is 0.230. The topological polar surface area (TPSA) is 416 Å². The molecule has 6 aromatic carbocycles. The number of carbonyl (C=O) groups excluding carboxylic acids is 2. The first-order valence-corrected chi connectivity index (χ1v) is 43.7. The zero-order valence-corrected chi connectivity index (χ0v) is 71.3. The van der Waals surface area contributed by atoms with Crippen LogP contribution in [0.4, 0.5) is 11.5 Å². The molecular formula is C100H84N18O11S. The van der Waals surface area contributed by atoms with Gasteiger partial charge in [0.1, 0.15) is 112 Å². The lowest BCUT2D eigenvalue weighted by atomic mass is 10.00. The summed E-state index contributed by atoms with van der Waals surface area (Å²) in [6.07, 6.45) is 19.0. The zero-order chi connectivity index (χ0) is 88.6. The Morgan fingerprint density at radius 1 is 0.415 bits per heavy atom. The minimum atomic E-state index is -0.161. The van der Waals surface area contributed by atoms with E-state index in [4.69, 9.17) is 48.4 Å². The van der Waals surface area contributed by atoms with Crippen LogP contribution in [0.5, 0.6) is 28.7 Å². The van der Waals surface area contributed by atoms with E-state index >= 15 is 0 Å². The van der Waals surface area contributed by atoms with Gasteiger partial charge in [0, 0.05) is 133 Å². The number of aryl methyl sites for hydroxylation is 1. The van der Waals surface area contributed by atoms with Crippen molar-refractivity contribution >= 4 is 78.8 Å². The van der Waals surface area contributed by atoms with Crippen molar-refractivity contribution in [3.05, 3.63) is 239 Å². The summed E-state index contributed by atoms with van der Waals surface area (Å²) < 4.78 is 51.5. The van der Waals surface area contributed by atoms with Gasteiger partial charge in [-0.15, -0.1) is 11.3 Å². The first-order chi connectivity index (χ1) is 63.8. The van der Waals surface area contributed by atoms with Crippen molar-refractivity contribution < 1.29 is 52.2 Å². The SMILES string of the molecule is Cc1ncc(-c2cc3c(-c4ccc(OC5CCOCC5)c(C#N)c4)ccnc3[nH]2)s1.N#Cc1cc(-c2ccnc3[nH]c(-c4ccc5c(c4)C(=O)NC5)cc23)ccc1OC1CCOCC1.N#Cc1cc(-c2ccnc3[nH]c(-c4ccc5c(c4)OCC(=O)N5)cc23)ccc1OC1CCOCC1.N#Cc1cc(-c2ccnc3[nH]c(-c4cncc(N)n4)cc23)ccc1OC1CCOCC1. The van der Waals surface area contributed by atoms with Crippen molar-refractivity contribution in [1.82, 2.24) is 60.1 Å². The van der Waals surface area contributed by atoms with Crippen molar-refractivity contribution in [3.63, 3.8) is 0 Å². The summed E-state index contributed by atoms with van der Waals surface area (Å²) in [6, 6.07) is 59.6. The lowest BCUT2D eigenvalue weighted by molar-refractivity contribution is -0.118. The number of nitriles is 4. The number of aromatic amines is 4. The number of rotatable bonds is 16. The van der Waals surface area contributed by atoms with Crippen LogP contribution >= 0.6 is 11.3 Å². The van der Waals surface area contributed by atoms with E-state index in [1.54, 1.807) is 42.3 Å². The second-order valence-corrected chi connectivity index (χ2v) is 33.1. The molecular weight excluding hydrogens is 1660 g/mol. The predicted octanol–water partition coefficient (Wildman–Crippen LogP) is 18.0. The third-order valence-corrected chi connectivity index (χ3v) is 24.4. The average Bonchev–Trinajstić information content (AvgIpc) is 1.61. The summed E-state index contributed by atoms with van der Waals surface area (Å²) in [4.78, 5) is 68.8. The molecule has 646 valence electrons. The molecule has 30 heteroatoms. The van der Waals surface area contributed by atoms with Gasteiger partial charge in [-0.2, -0.15) is 21.0 Å². The minimum absolute atomic E-state index is 0.00428. The van der Waals surface area contributed by atoms with Crippen LogP contribution in [0.25, 0.3) is 133 Å². The van der Waals surface area contributed by atoms with Gasteiger partial charge in [0.2, 0.25) is 0 Å². The number of amides is 2. The molecule has 6 aliphatic rings. The standard InChI is InChI=1S/C27H22N4O4.C27H22N4O3.C23H20N6O2.C23H20N4O2S/c28-14-18-11-16(2-4-24(18)35-19-6-9-33-10-7-19)20-5-8-29-27-21(20)13-23(31-27)17-1-3-22-25(12-17)34-15-26(32)30-22;28-14-19-11-16(3-4-25(19)34-20-6-9-33-10-7-20)21-5-8-29-26-23(21)13-24(31-26)17-1-2-18-15-30-27(32)22(18)12-17;24-11-15-9-14(1-2-21(15)31-16-4-7-30-8-5-16)17-3-6-27-23-18(17)10-19(29-23)20-12-26-13-22(25)28-20;1-14-26-13-22(30-14)20-11-19-18(4-7-25-23(19)27-20)15-2-3-21(16(10-15)12-24)29-17-5-8-28-9-6-17/h1-5,8,11-13,19H,6-7,9-10,15H2,(H,29,31)(H,30,32);1-5,8,11-13,20H,6-7,9-10,15H2,(H,29,31)(H,30,32);1-3,6,9-10,12-13,16H,4-5,7-8H2,(H2,25,28)(H,27,29);2-4,7,10-11,13,17H,5-6,8-9H2,1H3,(H,25,27). The molecule has 4 fully saturated rings. The van der Waals surface area contributed by atoms with Crippen LogP contribution in [0.1, 0.15) is 94.5 Å². The number of H-pyrrole nitrogens is 4. The van der Waals surface area contributed by atoms with Crippen molar-refractivity contribution in [2.75, 3.05) is 70.5 Å². The van der Waals surface area contributed by atoms with Crippen molar-refractivity contribution in [1.29, 1.82) is 21.0 Å². The Balaban J connectivity index is 0.000000113. The molecule has 2 amide bonds. The van der Waals surface area contributed by atoms with Crippen molar-refractivity contribution in [3.8, 4) is 142 Å². The molecule has 22 rings (SSSR count). The molecule has 29 nitrogen and oxygen atoms in total. The minimum Gasteiger partial charge on any atom is -0.489 e. The first-order valence-electron chi connectivity index (χ1n) is 42.9. The number of nitrogens with one attached hydrogen (secondary N) is 6. The maximum Gasteiger partial charge on any atom is 0.262 e. The lowest BCUT2D eigenvalue weighted by Gasteiger charge is -2.23. The van der Waals surface area contributed by atoms with E-state index in [9.17, 15) is 30.6 Å². The fourth-order valence-electron chi connectivity index (χ4n) is 16.8. The monoisotopic (exact) mass is 1740 g/mol.